The van der Waals surface area contributed by atoms with Crippen LogP contribution in [-0.2, 0) is 0 Å². The van der Waals surface area contributed by atoms with Gasteiger partial charge < -0.3 is 0 Å². The number of H-pyrrole nitrogens is 2. The van der Waals surface area contributed by atoms with Gasteiger partial charge in [0.1, 0.15) is 0 Å². The summed E-state index contributed by atoms with van der Waals surface area (Å²) in [4.78, 5) is 16.0. The zero-order valence-corrected chi connectivity index (χ0v) is 5.79. The van der Waals surface area contributed by atoms with Crippen molar-refractivity contribution in [3.8, 4) is 0 Å². The molecule has 0 amide bonds. The minimum Gasteiger partial charge on any atom is -0.241 e. The number of thioether (sulfide) groups is 1. The fourth-order valence-corrected chi connectivity index (χ4v) is 0.881. The Kier molecular flexibility index (Phi) is 1.89. The molecule has 0 atom stereocenters. The average molecular weight is 143 g/mol. The zero-order valence-electron chi connectivity index (χ0n) is 4.97. The SMILES string of the molecule is CSc1[nH]c(=O)cc[nH+]1. The fourth-order valence-electron chi connectivity index (χ4n) is 0.493. The van der Waals surface area contributed by atoms with Crippen molar-refractivity contribution in [2.75, 3.05) is 6.26 Å². The number of hydrogen-bond donors (Lipinski definition) is 1. The summed E-state index contributed by atoms with van der Waals surface area (Å²) in [6, 6.07) is 1.44. The summed E-state index contributed by atoms with van der Waals surface area (Å²) >= 11 is 1.47. The van der Waals surface area contributed by atoms with Crippen molar-refractivity contribution in [1.82, 2.24) is 4.98 Å². The molecule has 0 aliphatic carbocycles. The Morgan fingerprint density at radius 3 is 3.00 bits per heavy atom. The first-order chi connectivity index (χ1) is 4.33. The molecular formula is C5H7N2OS+. The highest BCUT2D eigenvalue weighted by Gasteiger charge is 1.95. The molecule has 0 radical (unpaired) electrons. The number of nitrogens with one attached hydrogen (secondary N) is 2. The highest BCUT2D eigenvalue weighted by atomic mass is 32.2. The van der Waals surface area contributed by atoms with Crippen LogP contribution in [0.3, 0.4) is 0 Å². The molecular weight excluding hydrogens is 136 g/mol. The molecule has 1 heterocycles. The molecule has 48 valence electrons. The molecule has 1 rings (SSSR count). The standard InChI is InChI=1S/C5H6N2OS/c1-9-5-6-3-2-4(8)7-5/h2-3H,1H3,(H,6,7,8)/p+1. The lowest BCUT2D eigenvalue weighted by Gasteiger charge is -1.81. The Labute approximate surface area is 56.5 Å². The fraction of sp³-hybridized carbons (Fsp3) is 0.200. The van der Waals surface area contributed by atoms with Gasteiger partial charge in [0.05, 0.1) is 12.3 Å². The number of rotatable bonds is 1. The van der Waals surface area contributed by atoms with Crippen LogP contribution in [0.2, 0.25) is 0 Å². The summed E-state index contributed by atoms with van der Waals surface area (Å²) in [5.74, 6) is 0. The van der Waals surface area contributed by atoms with Gasteiger partial charge in [0.15, 0.2) is 0 Å². The molecule has 0 aliphatic rings. The predicted octanol–water partition coefficient (Wildman–Crippen LogP) is -0.0891. The minimum atomic E-state index is -0.0712. The molecule has 0 aromatic carbocycles. The van der Waals surface area contributed by atoms with Gasteiger partial charge in [-0.2, -0.15) is 0 Å². The van der Waals surface area contributed by atoms with Crippen LogP contribution in [0.15, 0.2) is 22.2 Å². The molecule has 0 fully saturated rings. The lowest BCUT2D eigenvalue weighted by molar-refractivity contribution is -0.434. The van der Waals surface area contributed by atoms with Crippen molar-refractivity contribution in [1.29, 1.82) is 0 Å². The quantitative estimate of drug-likeness (QED) is 0.441. The Morgan fingerprint density at radius 1 is 1.78 bits per heavy atom. The van der Waals surface area contributed by atoms with Gasteiger partial charge in [-0.25, -0.2) is 14.8 Å². The summed E-state index contributed by atoms with van der Waals surface area (Å²) < 4.78 is 0. The smallest absolute Gasteiger partial charge is 0.241 e. The zero-order chi connectivity index (χ0) is 6.69. The van der Waals surface area contributed by atoms with E-state index in [4.69, 9.17) is 0 Å². The van der Waals surface area contributed by atoms with Crippen LogP contribution in [0.1, 0.15) is 0 Å². The topological polar surface area (TPSA) is 47.0 Å². The predicted molar refractivity (Wildman–Crippen MR) is 35.4 cm³/mol. The summed E-state index contributed by atoms with van der Waals surface area (Å²) in [7, 11) is 0. The molecule has 1 aromatic rings. The van der Waals surface area contributed by atoms with Gasteiger partial charge in [0, 0.05) is 0 Å². The van der Waals surface area contributed by atoms with Gasteiger partial charge in [0.2, 0.25) is 0 Å². The van der Waals surface area contributed by atoms with E-state index in [0.717, 1.165) is 5.16 Å². The second kappa shape index (κ2) is 2.68. The lowest BCUT2D eigenvalue weighted by Crippen LogP contribution is -2.15. The Balaban J connectivity index is 3.08. The normalized spacial score (nSPS) is 9.44. The van der Waals surface area contributed by atoms with Crippen LogP contribution in [0.25, 0.3) is 0 Å². The van der Waals surface area contributed by atoms with E-state index in [2.05, 4.69) is 9.97 Å². The van der Waals surface area contributed by atoms with Crippen LogP contribution in [0.4, 0.5) is 0 Å². The lowest BCUT2D eigenvalue weighted by atomic mass is 10.7. The maximum absolute atomic E-state index is 10.6. The molecule has 0 bridgehead atoms. The Hall–Kier alpha value is -0.770. The summed E-state index contributed by atoms with van der Waals surface area (Å²) in [6.07, 6.45) is 3.51. The van der Waals surface area contributed by atoms with Crippen molar-refractivity contribution >= 4 is 11.8 Å². The second-order valence-electron chi connectivity index (χ2n) is 1.50. The Morgan fingerprint density at radius 2 is 2.56 bits per heavy atom. The van der Waals surface area contributed by atoms with Gasteiger partial charge in [0.25, 0.3) is 0 Å². The van der Waals surface area contributed by atoms with Gasteiger partial charge in [-0.05, 0) is 18.0 Å². The summed E-state index contributed by atoms with van der Waals surface area (Å²) in [5.41, 5.74) is -0.0712. The van der Waals surface area contributed by atoms with E-state index >= 15 is 0 Å². The number of aromatic amines is 2. The first-order valence-electron chi connectivity index (χ1n) is 2.48. The van der Waals surface area contributed by atoms with E-state index in [1.165, 1.54) is 17.8 Å². The average Bonchev–Trinajstić information content (AvgIpc) is 1.88. The molecule has 4 heteroatoms. The van der Waals surface area contributed by atoms with Gasteiger partial charge in [-0.15, -0.1) is 0 Å². The number of aromatic nitrogens is 2. The molecule has 9 heavy (non-hydrogen) atoms. The van der Waals surface area contributed by atoms with Crippen LogP contribution < -0.4 is 10.5 Å². The molecule has 1 aromatic heterocycles. The maximum atomic E-state index is 10.6. The van der Waals surface area contributed by atoms with Crippen LogP contribution in [0.5, 0.6) is 0 Å². The van der Waals surface area contributed by atoms with Crippen LogP contribution >= 0.6 is 11.8 Å². The van der Waals surface area contributed by atoms with E-state index in [1.807, 2.05) is 6.26 Å². The minimum absolute atomic E-state index is 0.0712. The van der Waals surface area contributed by atoms with Crippen LogP contribution in [0, 0.1) is 0 Å². The first kappa shape index (κ1) is 6.35. The van der Waals surface area contributed by atoms with Gasteiger partial charge in [-0.1, -0.05) is 0 Å². The monoisotopic (exact) mass is 143 g/mol. The molecule has 0 aliphatic heterocycles. The molecule has 0 saturated heterocycles. The molecule has 0 saturated carbocycles. The van der Waals surface area contributed by atoms with Crippen molar-refractivity contribution < 1.29 is 4.98 Å². The van der Waals surface area contributed by atoms with Crippen molar-refractivity contribution in [2.45, 2.75) is 5.16 Å². The van der Waals surface area contributed by atoms with E-state index in [0.29, 0.717) is 0 Å². The third-order valence-corrected chi connectivity index (χ3v) is 1.52. The first-order valence-corrected chi connectivity index (χ1v) is 3.70. The van der Waals surface area contributed by atoms with E-state index < -0.39 is 0 Å². The summed E-state index contributed by atoms with van der Waals surface area (Å²) in [6.45, 7) is 0. The number of hydrogen-bond acceptors (Lipinski definition) is 2. The third-order valence-electron chi connectivity index (χ3n) is 0.890. The second-order valence-corrected chi connectivity index (χ2v) is 2.32. The third kappa shape index (κ3) is 1.57. The van der Waals surface area contributed by atoms with E-state index in [1.54, 1.807) is 6.20 Å². The van der Waals surface area contributed by atoms with Crippen molar-refractivity contribution in [2.24, 2.45) is 0 Å². The summed E-state index contributed by atoms with van der Waals surface area (Å²) in [5, 5.41) is 0.780. The highest BCUT2D eigenvalue weighted by Crippen LogP contribution is 1.97. The van der Waals surface area contributed by atoms with Crippen molar-refractivity contribution in [3.05, 3.63) is 22.6 Å². The van der Waals surface area contributed by atoms with Crippen molar-refractivity contribution in [3.63, 3.8) is 0 Å². The van der Waals surface area contributed by atoms with E-state index in [-0.39, 0.29) is 5.56 Å². The van der Waals surface area contributed by atoms with Gasteiger partial charge in [-0.3, -0.25) is 0 Å². The maximum Gasteiger partial charge on any atom is 0.335 e. The largest absolute Gasteiger partial charge is 0.335 e. The Bertz CT molecular complexity index is 245. The molecule has 0 spiro atoms. The highest BCUT2D eigenvalue weighted by molar-refractivity contribution is 7.98. The molecule has 2 N–H and O–H groups in total. The van der Waals surface area contributed by atoms with Gasteiger partial charge >= 0.3 is 10.7 Å². The molecule has 3 nitrogen and oxygen atoms in total. The van der Waals surface area contributed by atoms with Crippen LogP contribution in [-0.4, -0.2) is 11.2 Å². The van der Waals surface area contributed by atoms with E-state index in [9.17, 15) is 4.79 Å². The molecule has 0 unspecified atom stereocenters.